The van der Waals surface area contributed by atoms with Gasteiger partial charge in [0.1, 0.15) is 0 Å². The molecule has 0 radical (unpaired) electrons. The number of hydrogen-bond donors (Lipinski definition) is 3. The first-order valence-corrected chi connectivity index (χ1v) is 5.70. The first kappa shape index (κ1) is 14.9. The minimum absolute atomic E-state index is 0.102. The lowest BCUT2D eigenvalue weighted by atomic mass is 9.99. The highest BCUT2D eigenvalue weighted by molar-refractivity contribution is 5.82. The second-order valence-electron chi connectivity index (χ2n) is 4.10. The number of nitrogens with one attached hydrogen (secondary N) is 1. The summed E-state index contributed by atoms with van der Waals surface area (Å²) in [5.41, 5.74) is 5.72. The number of nitrogens with two attached hydrogens (primary N) is 1. The molecule has 0 aromatic rings. The number of carbonyl (C=O) groups excluding carboxylic acids is 1. The van der Waals surface area contributed by atoms with Gasteiger partial charge in [-0.25, -0.2) is 0 Å². The van der Waals surface area contributed by atoms with Crippen LogP contribution in [-0.2, 0) is 9.59 Å². The third-order valence-corrected chi connectivity index (χ3v) is 2.92. The summed E-state index contributed by atoms with van der Waals surface area (Å²) < 4.78 is 0. The lowest BCUT2D eigenvalue weighted by Gasteiger charge is -2.19. The van der Waals surface area contributed by atoms with Crippen LogP contribution in [0.15, 0.2) is 0 Å². The van der Waals surface area contributed by atoms with Crippen molar-refractivity contribution in [1.82, 2.24) is 5.32 Å². The number of carboxylic acids is 1. The van der Waals surface area contributed by atoms with Crippen LogP contribution in [0, 0.1) is 11.8 Å². The molecular weight excluding hydrogens is 208 g/mol. The molecule has 0 fully saturated rings. The molecule has 0 rings (SSSR count). The molecule has 1 unspecified atom stereocenters. The fraction of sp³-hybridized carbons (Fsp3) is 0.818. The third-order valence-electron chi connectivity index (χ3n) is 2.92. The molecule has 4 N–H and O–H groups in total. The van der Waals surface area contributed by atoms with Gasteiger partial charge >= 0.3 is 5.97 Å². The Hall–Kier alpha value is -1.10. The third kappa shape index (κ3) is 4.61. The van der Waals surface area contributed by atoms with E-state index in [-0.39, 0.29) is 18.4 Å². The molecule has 0 saturated carbocycles. The number of aliphatic carboxylic acids is 1. The molecule has 0 aromatic heterocycles. The van der Waals surface area contributed by atoms with Gasteiger partial charge in [0.05, 0.1) is 12.0 Å². The van der Waals surface area contributed by atoms with Crippen LogP contribution in [0.5, 0.6) is 0 Å². The van der Waals surface area contributed by atoms with Gasteiger partial charge in [-0.15, -0.1) is 0 Å². The standard InChI is InChI=1S/C11H22N2O3/c1-4-7(3)9(12)10(14)13-6-8(5-2)11(15)16/h7-9H,4-6,12H2,1-3H3,(H,13,14)(H,15,16)/t7-,8?,9-/m0/s1. The zero-order valence-electron chi connectivity index (χ0n) is 10.2. The van der Waals surface area contributed by atoms with Gasteiger partial charge < -0.3 is 16.2 Å². The Morgan fingerprint density at radius 2 is 1.88 bits per heavy atom. The van der Waals surface area contributed by atoms with Gasteiger partial charge in [0.25, 0.3) is 0 Å². The molecule has 16 heavy (non-hydrogen) atoms. The Kier molecular flexibility index (Phi) is 6.72. The quantitative estimate of drug-likeness (QED) is 0.596. The van der Waals surface area contributed by atoms with E-state index < -0.39 is 17.9 Å². The average Bonchev–Trinajstić information content (AvgIpc) is 2.26. The summed E-state index contributed by atoms with van der Waals surface area (Å²) in [4.78, 5) is 22.3. The normalized spacial score (nSPS) is 16.2. The first-order valence-electron chi connectivity index (χ1n) is 5.70. The summed E-state index contributed by atoms with van der Waals surface area (Å²) in [6.07, 6.45) is 1.32. The van der Waals surface area contributed by atoms with Crippen molar-refractivity contribution in [1.29, 1.82) is 0 Å². The molecule has 5 heteroatoms. The first-order chi connectivity index (χ1) is 7.43. The van der Waals surface area contributed by atoms with Crippen molar-refractivity contribution in [2.24, 2.45) is 17.6 Å². The van der Waals surface area contributed by atoms with Gasteiger partial charge in [-0.3, -0.25) is 9.59 Å². The number of carboxylic acid groups (broad SMARTS) is 1. The minimum Gasteiger partial charge on any atom is -0.481 e. The molecule has 1 amide bonds. The van der Waals surface area contributed by atoms with Crippen molar-refractivity contribution in [3.63, 3.8) is 0 Å². The predicted octanol–water partition coefficient (Wildman–Crippen LogP) is 0.587. The van der Waals surface area contributed by atoms with Crippen LogP contribution in [0.4, 0.5) is 0 Å². The molecular formula is C11H22N2O3. The number of carbonyl (C=O) groups is 2. The maximum atomic E-state index is 11.6. The maximum absolute atomic E-state index is 11.6. The fourth-order valence-electron chi connectivity index (χ4n) is 1.26. The van der Waals surface area contributed by atoms with Crippen molar-refractivity contribution in [3.8, 4) is 0 Å². The highest BCUT2D eigenvalue weighted by atomic mass is 16.4. The molecule has 0 spiro atoms. The minimum atomic E-state index is -0.889. The van der Waals surface area contributed by atoms with Crippen molar-refractivity contribution >= 4 is 11.9 Å². The van der Waals surface area contributed by atoms with Crippen LogP contribution in [-0.4, -0.2) is 29.6 Å². The topological polar surface area (TPSA) is 92.4 Å². The molecule has 5 nitrogen and oxygen atoms in total. The van der Waals surface area contributed by atoms with E-state index in [0.717, 1.165) is 6.42 Å². The molecule has 94 valence electrons. The summed E-state index contributed by atoms with van der Waals surface area (Å²) in [5, 5.41) is 11.4. The van der Waals surface area contributed by atoms with Crippen molar-refractivity contribution in [2.45, 2.75) is 39.7 Å². The van der Waals surface area contributed by atoms with E-state index in [1.807, 2.05) is 13.8 Å². The van der Waals surface area contributed by atoms with Crippen LogP contribution < -0.4 is 11.1 Å². The molecule has 0 heterocycles. The van der Waals surface area contributed by atoms with Gasteiger partial charge in [-0.2, -0.15) is 0 Å². The Bertz CT molecular complexity index is 243. The van der Waals surface area contributed by atoms with Gasteiger partial charge in [-0.05, 0) is 12.3 Å². The second-order valence-corrected chi connectivity index (χ2v) is 4.10. The maximum Gasteiger partial charge on any atom is 0.308 e. The summed E-state index contributed by atoms with van der Waals surface area (Å²) in [5.74, 6) is -1.59. The Morgan fingerprint density at radius 3 is 2.25 bits per heavy atom. The SMILES string of the molecule is CCC(CNC(=O)[C@@H](N)[C@@H](C)CC)C(=O)O. The highest BCUT2D eigenvalue weighted by Crippen LogP contribution is 2.06. The Balaban J connectivity index is 4.10. The predicted molar refractivity (Wildman–Crippen MR) is 61.9 cm³/mol. The largest absolute Gasteiger partial charge is 0.481 e. The summed E-state index contributed by atoms with van der Waals surface area (Å²) >= 11 is 0. The van der Waals surface area contributed by atoms with Crippen LogP contribution in [0.3, 0.4) is 0 Å². The van der Waals surface area contributed by atoms with Crippen molar-refractivity contribution in [3.05, 3.63) is 0 Å². The lowest BCUT2D eigenvalue weighted by molar-refractivity contribution is -0.141. The van der Waals surface area contributed by atoms with Gasteiger partial charge in [0.15, 0.2) is 0 Å². The van der Waals surface area contributed by atoms with Crippen LogP contribution >= 0.6 is 0 Å². The van der Waals surface area contributed by atoms with E-state index in [4.69, 9.17) is 10.8 Å². The molecule has 0 aliphatic carbocycles. The van der Waals surface area contributed by atoms with Gasteiger partial charge in [0.2, 0.25) is 5.91 Å². The van der Waals surface area contributed by atoms with E-state index in [2.05, 4.69) is 5.32 Å². The monoisotopic (exact) mass is 230 g/mol. The Labute approximate surface area is 96.4 Å². The number of hydrogen-bond acceptors (Lipinski definition) is 3. The zero-order chi connectivity index (χ0) is 12.7. The number of rotatable bonds is 7. The molecule has 0 aliphatic heterocycles. The lowest BCUT2D eigenvalue weighted by Crippen LogP contribution is -2.46. The van der Waals surface area contributed by atoms with Gasteiger partial charge in [-0.1, -0.05) is 27.2 Å². The second kappa shape index (κ2) is 7.22. The molecule has 3 atom stereocenters. The van der Waals surface area contributed by atoms with Crippen LogP contribution in [0.2, 0.25) is 0 Å². The smallest absolute Gasteiger partial charge is 0.308 e. The fourth-order valence-corrected chi connectivity index (χ4v) is 1.26. The molecule has 0 aromatic carbocycles. The van der Waals surface area contributed by atoms with E-state index in [9.17, 15) is 9.59 Å². The number of amides is 1. The van der Waals surface area contributed by atoms with Crippen LogP contribution in [0.1, 0.15) is 33.6 Å². The van der Waals surface area contributed by atoms with Crippen molar-refractivity contribution < 1.29 is 14.7 Å². The molecule has 0 bridgehead atoms. The van der Waals surface area contributed by atoms with E-state index >= 15 is 0 Å². The van der Waals surface area contributed by atoms with E-state index in [1.165, 1.54) is 0 Å². The average molecular weight is 230 g/mol. The molecule has 0 aliphatic rings. The molecule has 0 saturated heterocycles. The summed E-state index contributed by atoms with van der Waals surface area (Å²) in [6.45, 7) is 5.79. The van der Waals surface area contributed by atoms with E-state index in [0.29, 0.717) is 6.42 Å². The Morgan fingerprint density at radius 1 is 1.31 bits per heavy atom. The summed E-state index contributed by atoms with van der Waals surface area (Å²) in [7, 11) is 0. The zero-order valence-corrected chi connectivity index (χ0v) is 10.2. The van der Waals surface area contributed by atoms with Crippen molar-refractivity contribution in [2.75, 3.05) is 6.54 Å². The van der Waals surface area contributed by atoms with Gasteiger partial charge in [0, 0.05) is 6.54 Å². The van der Waals surface area contributed by atoms with Crippen LogP contribution in [0.25, 0.3) is 0 Å². The highest BCUT2D eigenvalue weighted by Gasteiger charge is 2.21. The summed E-state index contributed by atoms with van der Waals surface area (Å²) in [6, 6.07) is -0.559. The van der Waals surface area contributed by atoms with E-state index in [1.54, 1.807) is 6.92 Å².